The van der Waals surface area contributed by atoms with E-state index in [2.05, 4.69) is 11.2 Å². The maximum atomic E-state index is 9.01. The molecule has 0 amide bonds. The van der Waals surface area contributed by atoms with Gasteiger partial charge in [-0.2, -0.15) is 5.26 Å². The Morgan fingerprint density at radius 3 is 2.57 bits per heavy atom. The molecule has 0 fully saturated rings. The molecule has 102 valence electrons. The first-order chi connectivity index (χ1) is 10.4. The van der Waals surface area contributed by atoms with Gasteiger partial charge in [0.05, 0.1) is 5.56 Å². The molecule has 2 aromatic carbocycles. The third kappa shape index (κ3) is 2.93. The van der Waals surface area contributed by atoms with Gasteiger partial charge in [-0.25, -0.2) is 0 Å². The van der Waals surface area contributed by atoms with Gasteiger partial charge < -0.3 is 9.26 Å². The van der Waals surface area contributed by atoms with Gasteiger partial charge in [0.15, 0.2) is 0 Å². The van der Waals surface area contributed by atoms with Gasteiger partial charge >= 0.3 is 0 Å². The van der Waals surface area contributed by atoms with Crippen molar-refractivity contribution in [2.45, 2.75) is 6.61 Å². The molecular weight excluding hydrogens is 264 g/mol. The molecule has 0 aliphatic carbocycles. The maximum Gasteiger partial charge on any atom is 0.137 e. The standard InChI is InChI=1S/C17H12N2O2/c18-11-15-3-1-2-4-17(15)20-12-13-5-7-14(8-6-13)16-9-10-21-19-16/h1-10H,12H2. The van der Waals surface area contributed by atoms with E-state index in [4.69, 9.17) is 14.5 Å². The molecule has 4 heteroatoms. The molecule has 1 aromatic heterocycles. The van der Waals surface area contributed by atoms with E-state index in [-0.39, 0.29) is 0 Å². The van der Waals surface area contributed by atoms with Crippen molar-refractivity contribution in [2.24, 2.45) is 0 Å². The molecule has 0 saturated carbocycles. The lowest BCUT2D eigenvalue weighted by molar-refractivity contribution is 0.305. The number of aromatic nitrogens is 1. The lowest BCUT2D eigenvalue weighted by atomic mass is 10.1. The Kier molecular flexibility index (Phi) is 3.66. The molecule has 0 N–H and O–H groups in total. The quantitative estimate of drug-likeness (QED) is 0.727. The predicted octanol–water partition coefficient (Wildman–Crippen LogP) is 3.79. The zero-order chi connectivity index (χ0) is 14.5. The Balaban J connectivity index is 1.70. The van der Waals surface area contributed by atoms with Crippen LogP contribution in [0.15, 0.2) is 65.4 Å². The summed E-state index contributed by atoms with van der Waals surface area (Å²) in [5, 5.41) is 12.9. The molecule has 0 saturated heterocycles. The van der Waals surface area contributed by atoms with Crippen molar-refractivity contribution in [3.05, 3.63) is 72.0 Å². The highest BCUT2D eigenvalue weighted by atomic mass is 16.5. The normalized spacial score (nSPS) is 10.0. The molecule has 0 radical (unpaired) electrons. The SMILES string of the molecule is N#Cc1ccccc1OCc1ccc(-c2ccon2)cc1. The van der Waals surface area contributed by atoms with Crippen LogP contribution in [0.1, 0.15) is 11.1 Å². The predicted molar refractivity (Wildman–Crippen MR) is 77.4 cm³/mol. The Hall–Kier alpha value is -3.06. The summed E-state index contributed by atoms with van der Waals surface area (Å²) in [5.74, 6) is 0.598. The summed E-state index contributed by atoms with van der Waals surface area (Å²) in [4.78, 5) is 0. The van der Waals surface area contributed by atoms with Crippen molar-refractivity contribution in [1.82, 2.24) is 5.16 Å². The second kappa shape index (κ2) is 5.93. The smallest absolute Gasteiger partial charge is 0.137 e. The van der Waals surface area contributed by atoms with Crippen molar-refractivity contribution in [2.75, 3.05) is 0 Å². The molecule has 21 heavy (non-hydrogen) atoms. The van der Waals surface area contributed by atoms with Crippen LogP contribution in [0.25, 0.3) is 11.3 Å². The average molecular weight is 276 g/mol. The summed E-state index contributed by atoms with van der Waals surface area (Å²) in [5.41, 5.74) is 3.36. The molecule has 4 nitrogen and oxygen atoms in total. The minimum absolute atomic E-state index is 0.414. The molecule has 0 bridgehead atoms. The van der Waals surface area contributed by atoms with E-state index >= 15 is 0 Å². The van der Waals surface area contributed by atoms with E-state index in [1.54, 1.807) is 18.4 Å². The first-order valence-corrected chi connectivity index (χ1v) is 6.48. The third-order valence-corrected chi connectivity index (χ3v) is 3.09. The van der Waals surface area contributed by atoms with Gasteiger partial charge in [0.25, 0.3) is 0 Å². The number of para-hydroxylation sites is 1. The minimum Gasteiger partial charge on any atom is -0.488 e. The number of rotatable bonds is 4. The van der Waals surface area contributed by atoms with E-state index < -0.39 is 0 Å². The van der Waals surface area contributed by atoms with Crippen LogP contribution in [-0.4, -0.2) is 5.16 Å². The summed E-state index contributed by atoms with van der Waals surface area (Å²) < 4.78 is 10.5. The number of nitriles is 1. The lowest BCUT2D eigenvalue weighted by Crippen LogP contribution is -1.97. The van der Waals surface area contributed by atoms with Crippen molar-refractivity contribution < 1.29 is 9.26 Å². The van der Waals surface area contributed by atoms with Crippen LogP contribution >= 0.6 is 0 Å². The average Bonchev–Trinajstić information content (AvgIpc) is 3.08. The van der Waals surface area contributed by atoms with Gasteiger partial charge in [-0.05, 0) is 17.7 Å². The Labute approximate surface area is 122 Å². The lowest BCUT2D eigenvalue weighted by Gasteiger charge is -2.08. The van der Waals surface area contributed by atoms with Crippen molar-refractivity contribution >= 4 is 0 Å². The van der Waals surface area contributed by atoms with E-state index in [9.17, 15) is 0 Å². The second-order valence-corrected chi connectivity index (χ2v) is 4.48. The number of nitrogens with zero attached hydrogens (tertiary/aromatic N) is 2. The minimum atomic E-state index is 0.414. The summed E-state index contributed by atoms with van der Waals surface area (Å²) in [6.45, 7) is 0.414. The fourth-order valence-corrected chi connectivity index (χ4v) is 1.98. The van der Waals surface area contributed by atoms with E-state index in [0.717, 1.165) is 16.8 Å². The van der Waals surface area contributed by atoms with Crippen LogP contribution in [0.4, 0.5) is 0 Å². The largest absolute Gasteiger partial charge is 0.488 e. The summed E-state index contributed by atoms with van der Waals surface area (Å²) in [6, 6.07) is 19.0. The number of hydrogen-bond acceptors (Lipinski definition) is 4. The topological polar surface area (TPSA) is 59.0 Å². The maximum absolute atomic E-state index is 9.01. The number of hydrogen-bond donors (Lipinski definition) is 0. The second-order valence-electron chi connectivity index (χ2n) is 4.48. The molecular formula is C17H12N2O2. The molecule has 3 aromatic rings. The van der Waals surface area contributed by atoms with Gasteiger partial charge in [-0.1, -0.05) is 41.6 Å². The summed E-state index contributed by atoms with van der Waals surface area (Å²) in [6.07, 6.45) is 1.55. The molecule has 0 spiro atoms. The van der Waals surface area contributed by atoms with Crippen molar-refractivity contribution in [3.63, 3.8) is 0 Å². The molecule has 3 rings (SSSR count). The van der Waals surface area contributed by atoms with Gasteiger partial charge in [0, 0.05) is 11.6 Å². The first kappa shape index (κ1) is 12.9. The van der Waals surface area contributed by atoms with Crippen LogP contribution in [0.3, 0.4) is 0 Å². The summed E-state index contributed by atoms with van der Waals surface area (Å²) >= 11 is 0. The Morgan fingerprint density at radius 2 is 1.86 bits per heavy atom. The first-order valence-electron chi connectivity index (χ1n) is 6.48. The highest BCUT2D eigenvalue weighted by molar-refractivity contribution is 5.58. The Bertz CT molecular complexity index is 756. The highest BCUT2D eigenvalue weighted by Gasteiger charge is 2.04. The molecule has 0 unspecified atom stereocenters. The fourth-order valence-electron chi connectivity index (χ4n) is 1.98. The van der Waals surface area contributed by atoms with E-state index in [1.165, 1.54) is 0 Å². The summed E-state index contributed by atoms with van der Waals surface area (Å²) in [7, 11) is 0. The van der Waals surface area contributed by atoms with Crippen molar-refractivity contribution in [3.8, 4) is 23.1 Å². The van der Waals surface area contributed by atoms with Crippen LogP contribution in [0, 0.1) is 11.3 Å². The van der Waals surface area contributed by atoms with E-state index in [0.29, 0.717) is 17.9 Å². The van der Waals surface area contributed by atoms with Crippen molar-refractivity contribution in [1.29, 1.82) is 5.26 Å². The Morgan fingerprint density at radius 1 is 1.05 bits per heavy atom. The fraction of sp³-hybridized carbons (Fsp3) is 0.0588. The van der Waals surface area contributed by atoms with Gasteiger partial charge in [0.1, 0.15) is 30.4 Å². The molecule has 0 aliphatic rings. The highest BCUT2D eigenvalue weighted by Crippen LogP contribution is 2.20. The molecule has 0 aliphatic heterocycles. The number of benzene rings is 2. The van der Waals surface area contributed by atoms with Crippen LogP contribution in [-0.2, 0) is 6.61 Å². The van der Waals surface area contributed by atoms with Crippen LogP contribution in [0.2, 0.25) is 0 Å². The zero-order valence-corrected chi connectivity index (χ0v) is 11.2. The molecule has 0 atom stereocenters. The number of ether oxygens (including phenoxy) is 1. The van der Waals surface area contributed by atoms with Gasteiger partial charge in [-0.15, -0.1) is 0 Å². The van der Waals surface area contributed by atoms with Crippen LogP contribution < -0.4 is 4.74 Å². The van der Waals surface area contributed by atoms with Gasteiger partial charge in [-0.3, -0.25) is 0 Å². The van der Waals surface area contributed by atoms with Crippen LogP contribution in [0.5, 0.6) is 5.75 Å². The van der Waals surface area contributed by atoms with Gasteiger partial charge in [0.2, 0.25) is 0 Å². The zero-order valence-electron chi connectivity index (χ0n) is 11.2. The third-order valence-electron chi connectivity index (χ3n) is 3.09. The molecule has 1 heterocycles. The van der Waals surface area contributed by atoms with E-state index in [1.807, 2.05) is 42.5 Å². The monoisotopic (exact) mass is 276 g/mol.